The highest BCUT2D eigenvalue weighted by atomic mass is 16.2. The summed E-state index contributed by atoms with van der Waals surface area (Å²) in [6, 6.07) is -0.364. The number of likely N-dealkylation sites (N-methyl/N-ethyl adjacent to an activating group) is 1. The lowest BCUT2D eigenvalue weighted by Gasteiger charge is -2.41. The van der Waals surface area contributed by atoms with E-state index in [0.29, 0.717) is 6.54 Å². The molecule has 0 aromatic rings. The van der Waals surface area contributed by atoms with Gasteiger partial charge in [-0.05, 0) is 26.2 Å². The van der Waals surface area contributed by atoms with Gasteiger partial charge in [0.1, 0.15) is 12.1 Å². The first-order chi connectivity index (χ1) is 7.20. The molecular weight excluding hydrogens is 192 g/mol. The van der Waals surface area contributed by atoms with Crippen molar-refractivity contribution in [1.82, 2.24) is 9.80 Å². The van der Waals surface area contributed by atoms with Gasteiger partial charge in [0.25, 0.3) is 0 Å². The molecule has 15 heavy (non-hydrogen) atoms. The predicted molar refractivity (Wildman–Crippen MR) is 56.2 cm³/mol. The fourth-order valence-electron chi connectivity index (χ4n) is 2.73. The topological polar surface area (TPSA) is 40.6 Å². The molecule has 4 heteroatoms. The van der Waals surface area contributed by atoms with E-state index in [4.69, 9.17) is 0 Å². The summed E-state index contributed by atoms with van der Waals surface area (Å²) in [4.78, 5) is 27.7. The normalized spacial score (nSPS) is 31.1. The Kier molecular flexibility index (Phi) is 2.67. The zero-order chi connectivity index (χ0) is 11.0. The molecule has 2 fully saturated rings. The summed E-state index contributed by atoms with van der Waals surface area (Å²) in [5, 5.41) is 0. The summed E-state index contributed by atoms with van der Waals surface area (Å²) in [6.45, 7) is 5.32. The summed E-state index contributed by atoms with van der Waals surface area (Å²) < 4.78 is 0. The minimum Gasteiger partial charge on any atom is -0.329 e. The minimum atomic E-state index is -0.211. The molecule has 2 amide bonds. The van der Waals surface area contributed by atoms with Crippen molar-refractivity contribution in [1.29, 1.82) is 0 Å². The number of carbonyl (C=O) groups is 2. The first-order valence-electron chi connectivity index (χ1n) is 5.81. The Labute approximate surface area is 90.2 Å². The summed E-state index contributed by atoms with van der Waals surface area (Å²) in [7, 11) is 0. The summed E-state index contributed by atoms with van der Waals surface area (Å²) in [5.41, 5.74) is 0. The van der Waals surface area contributed by atoms with E-state index in [1.807, 2.05) is 13.8 Å². The smallest absolute Gasteiger partial charge is 0.246 e. The molecule has 0 saturated carbocycles. The number of fused-ring (bicyclic) bond motifs is 1. The van der Waals surface area contributed by atoms with Crippen LogP contribution in [-0.4, -0.2) is 46.8 Å². The van der Waals surface area contributed by atoms with Crippen LogP contribution in [0.4, 0.5) is 0 Å². The van der Waals surface area contributed by atoms with Crippen LogP contribution < -0.4 is 0 Å². The standard InChI is InChI=1S/C11H18N2O2/c1-3-8-10(14)13-7-5-6-9(13)11(15)12(8)4-2/h8-9H,3-7H2,1-2H3. The molecule has 0 aliphatic carbocycles. The molecule has 2 aliphatic heterocycles. The highest BCUT2D eigenvalue weighted by Gasteiger charge is 2.46. The molecule has 2 rings (SSSR count). The Morgan fingerprint density at radius 3 is 2.60 bits per heavy atom. The van der Waals surface area contributed by atoms with Crippen LogP contribution >= 0.6 is 0 Å². The first-order valence-corrected chi connectivity index (χ1v) is 5.81. The van der Waals surface area contributed by atoms with Crippen LogP contribution in [0, 0.1) is 0 Å². The van der Waals surface area contributed by atoms with E-state index in [1.165, 1.54) is 0 Å². The maximum absolute atomic E-state index is 12.1. The van der Waals surface area contributed by atoms with Gasteiger partial charge in [0, 0.05) is 13.1 Å². The van der Waals surface area contributed by atoms with Crippen LogP contribution in [0.5, 0.6) is 0 Å². The summed E-state index contributed by atoms with van der Waals surface area (Å²) >= 11 is 0. The van der Waals surface area contributed by atoms with Crippen molar-refractivity contribution < 1.29 is 9.59 Å². The van der Waals surface area contributed by atoms with Gasteiger partial charge in [-0.2, -0.15) is 0 Å². The van der Waals surface area contributed by atoms with Gasteiger partial charge in [-0.15, -0.1) is 0 Å². The molecule has 0 N–H and O–H groups in total. The number of hydrogen-bond donors (Lipinski definition) is 0. The van der Waals surface area contributed by atoms with Gasteiger partial charge in [-0.1, -0.05) is 6.92 Å². The fourth-order valence-corrected chi connectivity index (χ4v) is 2.73. The van der Waals surface area contributed by atoms with Crippen molar-refractivity contribution in [2.24, 2.45) is 0 Å². The Hall–Kier alpha value is -1.06. The largest absolute Gasteiger partial charge is 0.329 e. The summed E-state index contributed by atoms with van der Waals surface area (Å²) in [6.07, 6.45) is 2.54. The van der Waals surface area contributed by atoms with Crippen LogP contribution in [0.1, 0.15) is 33.1 Å². The lowest BCUT2D eigenvalue weighted by Crippen LogP contribution is -2.62. The van der Waals surface area contributed by atoms with Crippen LogP contribution in [0.2, 0.25) is 0 Å². The zero-order valence-corrected chi connectivity index (χ0v) is 9.40. The molecule has 0 aromatic heterocycles. The highest BCUT2D eigenvalue weighted by molar-refractivity contribution is 5.97. The van der Waals surface area contributed by atoms with E-state index >= 15 is 0 Å². The monoisotopic (exact) mass is 210 g/mol. The van der Waals surface area contributed by atoms with Gasteiger partial charge >= 0.3 is 0 Å². The third kappa shape index (κ3) is 1.43. The molecule has 2 aliphatic rings. The number of amides is 2. The van der Waals surface area contributed by atoms with Crippen LogP contribution in [0.15, 0.2) is 0 Å². The van der Waals surface area contributed by atoms with Crippen molar-refractivity contribution in [2.75, 3.05) is 13.1 Å². The molecule has 4 nitrogen and oxygen atoms in total. The van der Waals surface area contributed by atoms with Gasteiger partial charge in [-0.25, -0.2) is 0 Å². The van der Waals surface area contributed by atoms with E-state index in [2.05, 4.69) is 0 Å². The van der Waals surface area contributed by atoms with E-state index in [0.717, 1.165) is 25.8 Å². The number of hydrogen-bond acceptors (Lipinski definition) is 2. The Balaban J connectivity index is 2.28. The van der Waals surface area contributed by atoms with Crippen molar-refractivity contribution >= 4 is 11.8 Å². The Morgan fingerprint density at radius 2 is 2.00 bits per heavy atom. The average molecular weight is 210 g/mol. The van der Waals surface area contributed by atoms with Crippen molar-refractivity contribution in [3.8, 4) is 0 Å². The van der Waals surface area contributed by atoms with Crippen molar-refractivity contribution in [3.63, 3.8) is 0 Å². The van der Waals surface area contributed by atoms with Gasteiger partial charge in [0.15, 0.2) is 0 Å². The number of piperazine rings is 1. The van der Waals surface area contributed by atoms with Crippen LogP contribution in [0.3, 0.4) is 0 Å². The van der Waals surface area contributed by atoms with Gasteiger partial charge in [-0.3, -0.25) is 9.59 Å². The molecule has 0 radical (unpaired) electrons. The summed E-state index contributed by atoms with van der Waals surface area (Å²) in [5.74, 6) is 0.308. The maximum Gasteiger partial charge on any atom is 0.246 e. The SMILES string of the molecule is CCC1C(=O)N2CCCC2C(=O)N1CC. The number of rotatable bonds is 2. The second kappa shape index (κ2) is 3.83. The van der Waals surface area contributed by atoms with Gasteiger partial charge in [0.05, 0.1) is 0 Å². The highest BCUT2D eigenvalue weighted by Crippen LogP contribution is 2.27. The Morgan fingerprint density at radius 1 is 1.27 bits per heavy atom. The lowest BCUT2D eigenvalue weighted by molar-refractivity contribution is -0.159. The molecule has 0 bridgehead atoms. The first kappa shape index (κ1) is 10.5. The average Bonchev–Trinajstić information content (AvgIpc) is 2.72. The van der Waals surface area contributed by atoms with E-state index < -0.39 is 0 Å². The number of carbonyl (C=O) groups excluding carboxylic acids is 2. The van der Waals surface area contributed by atoms with E-state index in [-0.39, 0.29) is 23.9 Å². The van der Waals surface area contributed by atoms with Gasteiger partial charge in [0.2, 0.25) is 11.8 Å². The molecular formula is C11H18N2O2. The number of nitrogens with zero attached hydrogens (tertiary/aromatic N) is 2. The molecule has 0 spiro atoms. The second-order valence-electron chi connectivity index (χ2n) is 4.24. The van der Waals surface area contributed by atoms with E-state index in [1.54, 1.807) is 9.80 Å². The molecule has 2 heterocycles. The maximum atomic E-state index is 12.1. The quantitative estimate of drug-likeness (QED) is 0.670. The lowest BCUT2D eigenvalue weighted by atomic mass is 10.0. The second-order valence-corrected chi connectivity index (χ2v) is 4.24. The molecule has 84 valence electrons. The molecule has 0 aromatic carbocycles. The van der Waals surface area contributed by atoms with Crippen LogP contribution in [-0.2, 0) is 9.59 Å². The molecule has 2 atom stereocenters. The van der Waals surface area contributed by atoms with E-state index in [9.17, 15) is 9.59 Å². The zero-order valence-electron chi connectivity index (χ0n) is 9.40. The minimum absolute atomic E-state index is 0.153. The molecule has 2 unspecified atom stereocenters. The van der Waals surface area contributed by atoms with Crippen molar-refractivity contribution in [2.45, 2.75) is 45.2 Å². The third-order valence-corrected chi connectivity index (χ3v) is 3.49. The predicted octanol–water partition coefficient (Wildman–Crippen LogP) is 0.618. The third-order valence-electron chi connectivity index (χ3n) is 3.49. The van der Waals surface area contributed by atoms with Crippen LogP contribution in [0.25, 0.3) is 0 Å². The van der Waals surface area contributed by atoms with Crippen molar-refractivity contribution in [3.05, 3.63) is 0 Å². The fraction of sp³-hybridized carbons (Fsp3) is 0.818. The molecule has 2 saturated heterocycles. The van der Waals surface area contributed by atoms with Gasteiger partial charge < -0.3 is 9.80 Å². The Bertz CT molecular complexity index is 262.